The summed E-state index contributed by atoms with van der Waals surface area (Å²) in [6, 6.07) is 8.73. The molecule has 0 bridgehead atoms. The van der Waals surface area contributed by atoms with E-state index >= 15 is 0 Å². The number of piperidine rings is 1. The molecule has 1 aromatic carbocycles. The van der Waals surface area contributed by atoms with Crippen LogP contribution in [0.1, 0.15) is 50.5 Å². The van der Waals surface area contributed by atoms with Crippen LogP contribution in [-0.2, 0) is 5.54 Å². The van der Waals surface area contributed by atoms with Gasteiger partial charge in [-0.15, -0.1) is 0 Å². The van der Waals surface area contributed by atoms with Crippen molar-refractivity contribution in [3.05, 3.63) is 36.2 Å². The highest BCUT2D eigenvalue weighted by molar-refractivity contribution is 5.36. The van der Waals surface area contributed by atoms with Crippen LogP contribution in [0.3, 0.4) is 0 Å². The lowest BCUT2D eigenvalue weighted by molar-refractivity contribution is 0.0668. The van der Waals surface area contributed by atoms with Crippen molar-refractivity contribution in [2.45, 2.75) is 50.5 Å². The van der Waals surface area contributed by atoms with E-state index in [0.29, 0.717) is 0 Å². The van der Waals surface area contributed by atoms with Crippen LogP contribution in [0.4, 0.5) is 0 Å². The van der Waals surface area contributed by atoms with E-state index in [0.717, 1.165) is 5.75 Å². The first-order valence-electron chi connectivity index (χ1n) is 8.09. The van der Waals surface area contributed by atoms with E-state index in [1.807, 2.05) is 0 Å². The smallest absolute Gasteiger partial charge is 0.187 e. The van der Waals surface area contributed by atoms with Crippen molar-refractivity contribution < 1.29 is 4.74 Å². The first-order valence-corrected chi connectivity index (χ1v) is 8.09. The quantitative estimate of drug-likeness (QED) is 0.766. The maximum atomic E-state index is 5.45. The van der Waals surface area contributed by atoms with Gasteiger partial charge in [0.05, 0.1) is 13.5 Å². The second-order valence-corrected chi connectivity index (χ2v) is 6.15. The first-order chi connectivity index (χ1) is 9.85. The van der Waals surface area contributed by atoms with Crippen LogP contribution in [0.25, 0.3) is 0 Å². The largest absolute Gasteiger partial charge is 0.497 e. The molecule has 1 heterocycles. The van der Waals surface area contributed by atoms with Gasteiger partial charge in [-0.1, -0.05) is 18.6 Å². The van der Waals surface area contributed by atoms with E-state index in [-0.39, 0.29) is 5.54 Å². The minimum Gasteiger partial charge on any atom is -0.497 e. The van der Waals surface area contributed by atoms with Gasteiger partial charge in [-0.25, -0.2) is 0 Å². The fourth-order valence-corrected chi connectivity index (χ4v) is 3.90. The van der Waals surface area contributed by atoms with Gasteiger partial charge in [-0.05, 0) is 37.8 Å². The third kappa shape index (κ3) is 2.54. The highest BCUT2D eigenvalue weighted by Gasteiger charge is 2.47. The minimum absolute atomic E-state index is 0.160. The molecule has 3 rings (SSSR count). The Labute approximate surface area is 123 Å². The molecular weight excluding hydrogens is 246 g/mol. The summed E-state index contributed by atoms with van der Waals surface area (Å²) in [5.74, 6) is 0.984. The molecule has 1 saturated carbocycles. The second-order valence-electron chi connectivity index (χ2n) is 6.15. The van der Waals surface area contributed by atoms with Crippen LogP contribution in [0.15, 0.2) is 24.3 Å². The van der Waals surface area contributed by atoms with E-state index in [2.05, 4.69) is 35.6 Å². The van der Waals surface area contributed by atoms with Gasteiger partial charge in [0.2, 0.25) is 0 Å². The van der Waals surface area contributed by atoms with Crippen LogP contribution in [0, 0.1) is 6.42 Å². The van der Waals surface area contributed by atoms with Gasteiger partial charge >= 0.3 is 0 Å². The molecule has 0 amide bonds. The van der Waals surface area contributed by atoms with Crippen LogP contribution < -0.4 is 4.74 Å². The fourth-order valence-electron chi connectivity index (χ4n) is 3.90. The molecule has 1 aromatic rings. The highest BCUT2D eigenvalue weighted by atomic mass is 16.5. The molecule has 2 fully saturated rings. The Morgan fingerprint density at radius 3 is 2.65 bits per heavy atom. The van der Waals surface area contributed by atoms with Crippen molar-refractivity contribution in [3.63, 3.8) is 0 Å². The Morgan fingerprint density at radius 2 is 1.95 bits per heavy atom. The molecule has 1 aliphatic carbocycles. The summed E-state index contributed by atoms with van der Waals surface area (Å²) >= 11 is 0. The Balaban J connectivity index is 1.95. The summed E-state index contributed by atoms with van der Waals surface area (Å²) in [4.78, 5) is 2.73. The van der Waals surface area contributed by atoms with E-state index in [4.69, 9.17) is 4.74 Å². The average Bonchev–Trinajstić information content (AvgIpc) is 2.56. The summed E-state index contributed by atoms with van der Waals surface area (Å²) in [6.45, 7) is 2.49. The molecular formula is C18H26NO+. The van der Waals surface area contributed by atoms with Gasteiger partial charge in [-0.3, -0.25) is 4.90 Å². The van der Waals surface area contributed by atoms with Crippen molar-refractivity contribution in [1.82, 2.24) is 4.90 Å². The number of hydrogen-bond donors (Lipinski definition) is 0. The van der Waals surface area contributed by atoms with Gasteiger partial charge < -0.3 is 4.74 Å². The number of benzene rings is 1. The minimum atomic E-state index is 0.160. The Hall–Kier alpha value is -1.15. The fraction of sp³-hybridized carbons (Fsp3) is 0.611. The summed E-state index contributed by atoms with van der Waals surface area (Å²) in [5.41, 5.74) is 1.59. The van der Waals surface area contributed by atoms with E-state index in [1.54, 1.807) is 7.11 Å². The van der Waals surface area contributed by atoms with Crippen molar-refractivity contribution in [1.29, 1.82) is 0 Å². The SMILES string of the molecule is COc1cccc(C2(N3CCCCC3)[CH+]CCCC2)c1. The Kier molecular flexibility index (Phi) is 4.21. The van der Waals surface area contributed by atoms with Gasteiger partial charge in [-0.2, -0.15) is 0 Å². The molecule has 108 valence electrons. The maximum Gasteiger partial charge on any atom is 0.187 e. The normalized spacial score (nSPS) is 27.9. The molecule has 2 heteroatoms. The lowest BCUT2D eigenvalue weighted by atomic mass is 9.74. The molecule has 0 radical (unpaired) electrons. The summed E-state index contributed by atoms with van der Waals surface area (Å²) in [5, 5.41) is 0. The molecule has 1 unspecified atom stereocenters. The zero-order valence-corrected chi connectivity index (χ0v) is 12.6. The standard InChI is InChI=1S/C18H26NO/c1-20-17-10-8-9-16(15-17)18(11-4-2-5-12-18)19-13-6-3-7-14-19/h8-11,15H,2-7,12-14H2,1H3/q+1. The van der Waals surface area contributed by atoms with Crippen molar-refractivity contribution in [2.24, 2.45) is 0 Å². The molecule has 1 saturated heterocycles. The number of rotatable bonds is 3. The maximum absolute atomic E-state index is 5.45. The molecule has 20 heavy (non-hydrogen) atoms. The van der Waals surface area contributed by atoms with Crippen LogP contribution in [0.2, 0.25) is 0 Å². The van der Waals surface area contributed by atoms with E-state index in [9.17, 15) is 0 Å². The topological polar surface area (TPSA) is 12.5 Å². The predicted molar refractivity (Wildman–Crippen MR) is 82.9 cm³/mol. The molecule has 2 aliphatic rings. The summed E-state index contributed by atoms with van der Waals surface area (Å²) in [7, 11) is 1.76. The number of hydrogen-bond acceptors (Lipinski definition) is 2. The Bertz CT molecular complexity index is 431. The van der Waals surface area contributed by atoms with Crippen LogP contribution in [-0.4, -0.2) is 25.1 Å². The van der Waals surface area contributed by atoms with Crippen LogP contribution in [0.5, 0.6) is 5.75 Å². The molecule has 0 spiro atoms. The zero-order chi connectivity index (χ0) is 13.8. The summed E-state index contributed by atoms with van der Waals surface area (Å²) in [6.07, 6.45) is 11.9. The van der Waals surface area contributed by atoms with Crippen molar-refractivity contribution >= 4 is 0 Å². The number of likely N-dealkylation sites (tertiary alicyclic amines) is 1. The van der Waals surface area contributed by atoms with Crippen molar-refractivity contribution in [3.8, 4) is 5.75 Å². The van der Waals surface area contributed by atoms with Crippen molar-refractivity contribution in [2.75, 3.05) is 20.2 Å². The van der Waals surface area contributed by atoms with Gasteiger partial charge in [0, 0.05) is 25.1 Å². The van der Waals surface area contributed by atoms with E-state index < -0.39 is 0 Å². The van der Waals surface area contributed by atoms with E-state index in [1.165, 1.54) is 63.6 Å². The van der Waals surface area contributed by atoms with Crippen LogP contribution >= 0.6 is 0 Å². The second kappa shape index (κ2) is 6.09. The molecule has 0 aromatic heterocycles. The molecule has 1 aliphatic heterocycles. The monoisotopic (exact) mass is 272 g/mol. The molecule has 1 atom stereocenters. The Morgan fingerprint density at radius 1 is 1.10 bits per heavy atom. The van der Waals surface area contributed by atoms with Gasteiger partial charge in [0.1, 0.15) is 12.2 Å². The number of ether oxygens (including phenoxy) is 1. The number of methoxy groups -OCH3 is 1. The average molecular weight is 272 g/mol. The van der Waals surface area contributed by atoms with Gasteiger partial charge in [0.25, 0.3) is 0 Å². The zero-order valence-electron chi connectivity index (χ0n) is 12.6. The first kappa shape index (κ1) is 13.8. The van der Waals surface area contributed by atoms with Gasteiger partial charge in [0.15, 0.2) is 5.54 Å². The third-order valence-electron chi connectivity index (χ3n) is 4.98. The molecule has 2 nitrogen and oxygen atoms in total. The highest BCUT2D eigenvalue weighted by Crippen LogP contribution is 2.43. The molecule has 0 N–H and O–H groups in total. The lowest BCUT2D eigenvalue weighted by Gasteiger charge is -2.42. The number of nitrogens with zero attached hydrogens (tertiary/aromatic N) is 1. The predicted octanol–water partition coefficient (Wildman–Crippen LogP) is 4.15. The summed E-state index contributed by atoms with van der Waals surface area (Å²) < 4.78 is 5.45. The third-order valence-corrected chi connectivity index (χ3v) is 4.98. The lowest BCUT2D eigenvalue weighted by Crippen LogP contribution is -2.50.